The molecule has 0 saturated heterocycles. The Morgan fingerprint density at radius 1 is 1.24 bits per heavy atom. The summed E-state index contributed by atoms with van der Waals surface area (Å²) in [5.74, 6) is -1.28. The van der Waals surface area contributed by atoms with Gasteiger partial charge in [-0.3, -0.25) is 9.71 Å². The first-order valence-corrected chi connectivity index (χ1v) is 7.48. The van der Waals surface area contributed by atoms with Crippen molar-refractivity contribution >= 4 is 21.7 Å². The number of carbonyl (C=O) groups is 1. The van der Waals surface area contributed by atoms with Crippen molar-refractivity contribution in [1.82, 2.24) is 4.98 Å². The van der Waals surface area contributed by atoms with Gasteiger partial charge >= 0.3 is 5.97 Å². The van der Waals surface area contributed by atoms with E-state index in [1.807, 2.05) is 0 Å². The number of carboxylic acid groups (broad SMARTS) is 1. The van der Waals surface area contributed by atoms with Crippen molar-refractivity contribution in [3.63, 3.8) is 0 Å². The van der Waals surface area contributed by atoms with Crippen LogP contribution in [0.2, 0.25) is 0 Å². The summed E-state index contributed by atoms with van der Waals surface area (Å²) in [6, 6.07) is 1.59. The molecule has 0 aliphatic carbocycles. The molecule has 0 unspecified atom stereocenters. The zero-order valence-corrected chi connectivity index (χ0v) is 12.5. The summed E-state index contributed by atoms with van der Waals surface area (Å²) in [4.78, 5) is 14.8. The first-order valence-electron chi connectivity index (χ1n) is 6.00. The lowest BCUT2D eigenvalue weighted by Crippen LogP contribution is -2.17. The number of aromatic nitrogens is 1. The molecular weight excluding hydrogens is 296 g/mol. The third-order valence-corrected chi connectivity index (χ3v) is 4.35. The number of hydrogen-bond acceptors (Lipinski definition) is 5. The minimum atomic E-state index is -4.08. The van der Waals surface area contributed by atoms with Gasteiger partial charge in [-0.2, -0.15) is 0 Å². The predicted octanol–water partition coefficient (Wildman–Crippen LogP) is 2.10. The van der Waals surface area contributed by atoms with Gasteiger partial charge in [0.25, 0.3) is 10.0 Å². The second-order valence-electron chi connectivity index (χ2n) is 4.58. The highest BCUT2D eigenvalue weighted by atomic mass is 32.2. The molecular formula is C13H14N2O5S. The Hall–Kier alpha value is -2.35. The van der Waals surface area contributed by atoms with E-state index in [2.05, 4.69) is 9.71 Å². The number of rotatable bonds is 4. The number of aromatic carboxylic acids is 1. The molecule has 0 bridgehead atoms. The van der Waals surface area contributed by atoms with Crippen LogP contribution in [-0.4, -0.2) is 24.5 Å². The normalized spacial score (nSPS) is 11.4. The summed E-state index contributed by atoms with van der Waals surface area (Å²) in [5.41, 5.74) is 0.666. The quantitative estimate of drug-likeness (QED) is 0.895. The Balaban J connectivity index is 2.53. The van der Waals surface area contributed by atoms with Crippen LogP contribution in [0.4, 0.5) is 5.69 Å². The van der Waals surface area contributed by atoms with E-state index in [4.69, 9.17) is 9.52 Å². The van der Waals surface area contributed by atoms with Gasteiger partial charge in [0.2, 0.25) is 0 Å². The van der Waals surface area contributed by atoms with Gasteiger partial charge in [0.15, 0.2) is 0 Å². The van der Waals surface area contributed by atoms with Gasteiger partial charge < -0.3 is 9.52 Å². The maximum absolute atomic E-state index is 12.4. The van der Waals surface area contributed by atoms with Gasteiger partial charge in [0.05, 0.1) is 11.9 Å². The van der Waals surface area contributed by atoms with Crippen LogP contribution in [-0.2, 0) is 10.0 Å². The number of sulfonamides is 1. The molecule has 0 fully saturated rings. The molecule has 2 aromatic rings. The fourth-order valence-electron chi connectivity index (χ4n) is 2.05. The van der Waals surface area contributed by atoms with E-state index in [0.717, 1.165) is 5.56 Å². The van der Waals surface area contributed by atoms with Crippen LogP contribution in [0.3, 0.4) is 0 Å². The van der Waals surface area contributed by atoms with E-state index in [1.54, 1.807) is 19.2 Å². The number of nitrogens with zero attached hydrogens (tertiary/aromatic N) is 1. The molecule has 8 heteroatoms. The Bertz CT molecular complexity index is 808. The Morgan fingerprint density at radius 2 is 1.90 bits per heavy atom. The molecule has 0 aromatic carbocycles. The van der Waals surface area contributed by atoms with Crippen LogP contribution in [0.1, 0.15) is 27.4 Å². The molecule has 0 atom stereocenters. The van der Waals surface area contributed by atoms with Crippen molar-refractivity contribution in [2.45, 2.75) is 25.7 Å². The van der Waals surface area contributed by atoms with Gasteiger partial charge in [-0.1, -0.05) is 0 Å². The number of nitrogens with one attached hydrogen (secondary N) is 1. The van der Waals surface area contributed by atoms with Gasteiger partial charge in [-0.05, 0) is 32.4 Å². The van der Waals surface area contributed by atoms with Crippen molar-refractivity contribution in [3.8, 4) is 0 Å². The Morgan fingerprint density at radius 3 is 2.48 bits per heavy atom. The lowest BCUT2D eigenvalue weighted by Gasteiger charge is -2.08. The van der Waals surface area contributed by atoms with Crippen molar-refractivity contribution < 1.29 is 22.7 Å². The Labute approximate surface area is 121 Å². The topological polar surface area (TPSA) is 110 Å². The summed E-state index contributed by atoms with van der Waals surface area (Å²) in [7, 11) is -4.08. The highest BCUT2D eigenvalue weighted by Crippen LogP contribution is 2.28. The van der Waals surface area contributed by atoms with Gasteiger partial charge in [0, 0.05) is 6.20 Å². The van der Waals surface area contributed by atoms with Crippen LogP contribution >= 0.6 is 0 Å². The summed E-state index contributed by atoms with van der Waals surface area (Å²) in [6.07, 6.45) is 2.92. The lowest BCUT2D eigenvalue weighted by atomic mass is 10.2. The number of pyridine rings is 1. The lowest BCUT2D eigenvalue weighted by molar-refractivity contribution is 0.0691. The van der Waals surface area contributed by atoms with Crippen LogP contribution < -0.4 is 4.72 Å². The zero-order valence-electron chi connectivity index (χ0n) is 11.7. The summed E-state index contributed by atoms with van der Waals surface area (Å²) in [6.45, 7) is 4.58. The number of furan rings is 1. The van der Waals surface area contributed by atoms with Gasteiger partial charge in [-0.25, -0.2) is 13.2 Å². The number of aryl methyl sites for hydroxylation is 3. The largest absolute Gasteiger partial charge is 0.478 e. The second kappa shape index (κ2) is 5.21. The van der Waals surface area contributed by atoms with Crippen LogP contribution in [0, 0.1) is 20.8 Å². The highest BCUT2D eigenvalue weighted by Gasteiger charge is 2.30. The maximum atomic E-state index is 12.4. The van der Waals surface area contributed by atoms with Crippen LogP contribution in [0.5, 0.6) is 0 Å². The third kappa shape index (κ3) is 2.89. The van der Waals surface area contributed by atoms with E-state index in [1.165, 1.54) is 20.0 Å². The van der Waals surface area contributed by atoms with Crippen molar-refractivity contribution in [3.05, 3.63) is 41.1 Å². The zero-order chi connectivity index (χ0) is 15.8. The first-order chi connectivity index (χ1) is 9.72. The average molecular weight is 310 g/mol. The first kappa shape index (κ1) is 15.0. The molecule has 0 radical (unpaired) electrons. The molecule has 2 N–H and O–H groups in total. The minimum absolute atomic E-state index is 0.0259. The standard InChI is InChI=1S/C13H14N2O5S/c1-7-4-10(6-14-5-7)15-21(18,19)12-9(3)20-8(2)11(12)13(16)17/h4-6,15H,1-3H3,(H,16,17). The third-order valence-electron chi connectivity index (χ3n) is 2.81. The fourth-order valence-corrected chi connectivity index (χ4v) is 3.50. The highest BCUT2D eigenvalue weighted by molar-refractivity contribution is 7.92. The summed E-state index contributed by atoms with van der Waals surface area (Å²) in [5, 5.41) is 9.17. The molecule has 112 valence electrons. The Kier molecular flexibility index (Phi) is 3.73. The number of hydrogen-bond donors (Lipinski definition) is 2. The maximum Gasteiger partial charge on any atom is 0.340 e. The van der Waals surface area contributed by atoms with Crippen molar-refractivity contribution in [2.24, 2.45) is 0 Å². The molecule has 0 aliphatic rings. The number of anilines is 1. The second-order valence-corrected chi connectivity index (χ2v) is 6.20. The molecule has 0 saturated carbocycles. The van der Waals surface area contributed by atoms with E-state index in [-0.39, 0.29) is 27.7 Å². The van der Waals surface area contributed by atoms with Gasteiger partial charge in [0.1, 0.15) is 22.0 Å². The minimum Gasteiger partial charge on any atom is -0.478 e. The summed E-state index contributed by atoms with van der Waals surface area (Å²) < 4.78 is 32.3. The predicted molar refractivity (Wildman–Crippen MR) is 74.9 cm³/mol. The molecule has 2 rings (SSSR count). The number of carboxylic acids is 1. The van der Waals surface area contributed by atoms with Crippen molar-refractivity contribution in [2.75, 3.05) is 4.72 Å². The van der Waals surface area contributed by atoms with E-state index in [0.29, 0.717) is 0 Å². The SMILES string of the molecule is Cc1cncc(NS(=O)(=O)c2c(C)oc(C)c2C(=O)O)c1. The van der Waals surface area contributed by atoms with Gasteiger partial charge in [-0.15, -0.1) is 0 Å². The molecule has 21 heavy (non-hydrogen) atoms. The van der Waals surface area contributed by atoms with Crippen molar-refractivity contribution in [1.29, 1.82) is 0 Å². The average Bonchev–Trinajstić information content (AvgIpc) is 2.64. The molecule has 7 nitrogen and oxygen atoms in total. The smallest absolute Gasteiger partial charge is 0.340 e. The fraction of sp³-hybridized carbons (Fsp3) is 0.231. The molecule has 0 amide bonds. The molecule has 2 aromatic heterocycles. The molecule has 0 spiro atoms. The monoisotopic (exact) mass is 310 g/mol. The van der Waals surface area contributed by atoms with E-state index in [9.17, 15) is 13.2 Å². The molecule has 0 aliphatic heterocycles. The van der Waals surface area contributed by atoms with Crippen LogP contribution in [0.15, 0.2) is 27.8 Å². The molecule has 2 heterocycles. The van der Waals surface area contributed by atoms with E-state index >= 15 is 0 Å². The van der Waals surface area contributed by atoms with E-state index < -0.39 is 16.0 Å². The van der Waals surface area contributed by atoms with Crippen LogP contribution in [0.25, 0.3) is 0 Å². The summed E-state index contributed by atoms with van der Waals surface area (Å²) >= 11 is 0.